The molecule has 370 valence electrons. The van der Waals surface area contributed by atoms with Crippen LogP contribution in [0.15, 0.2) is 133 Å². The summed E-state index contributed by atoms with van der Waals surface area (Å²) in [6.07, 6.45) is 21.1. The number of allylic oxidation sites excluding steroid dienone is 1. The topological polar surface area (TPSA) is 50.3 Å². The van der Waals surface area contributed by atoms with Crippen molar-refractivity contribution >= 4 is 45.6 Å². The van der Waals surface area contributed by atoms with Crippen LogP contribution < -0.4 is 19.6 Å². The molecule has 70 heavy (non-hydrogen) atoms. The van der Waals surface area contributed by atoms with Gasteiger partial charge in [-0.1, -0.05) is 160 Å². The second kappa shape index (κ2) is 21.8. The summed E-state index contributed by atoms with van der Waals surface area (Å²) in [5, 5.41) is 11.7. The highest BCUT2D eigenvalue weighted by Gasteiger charge is 2.49. The molecule has 0 bridgehead atoms. The van der Waals surface area contributed by atoms with Crippen molar-refractivity contribution in [2.24, 2.45) is 5.92 Å². The lowest BCUT2D eigenvalue weighted by Gasteiger charge is -2.37. The van der Waals surface area contributed by atoms with Gasteiger partial charge in [-0.05, 0) is 128 Å². The third kappa shape index (κ3) is 10.4. The molecule has 3 atom stereocenters. The molecule has 1 aliphatic carbocycles. The Balaban J connectivity index is 1.03. The number of anilines is 7. The number of Topliss-reactive ketones (excluding diaryl/α,β-unsaturated/α-hetero) is 1. The smallest absolute Gasteiger partial charge is 0.171 e. The summed E-state index contributed by atoms with van der Waals surface area (Å²) in [5.41, 5.74) is 15.3. The molecule has 5 aromatic rings. The molecule has 0 aromatic heterocycles. The van der Waals surface area contributed by atoms with E-state index >= 15 is 0 Å². The van der Waals surface area contributed by atoms with Gasteiger partial charge >= 0.3 is 0 Å². The van der Waals surface area contributed by atoms with Gasteiger partial charge in [0.15, 0.2) is 5.78 Å². The Hall–Kier alpha value is -5.59. The fourth-order valence-corrected chi connectivity index (χ4v) is 11.7. The molecular weight excluding hydrogens is 857 g/mol. The van der Waals surface area contributed by atoms with Gasteiger partial charge in [-0.15, -0.1) is 0 Å². The molecular formula is C64H82N4O2. The van der Waals surface area contributed by atoms with Gasteiger partial charge in [-0.25, -0.2) is 0 Å². The molecule has 5 aromatic carbocycles. The van der Waals surface area contributed by atoms with Crippen LogP contribution in [0.2, 0.25) is 0 Å². The lowest BCUT2D eigenvalue weighted by Crippen LogP contribution is -2.47. The maximum Gasteiger partial charge on any atom is 0.171 e. The first-order valence-electron chi connectivity index (χ1n) is 26.9. The first-order chi connectivity index (χ1) is 33.6. The number of unbranched alkanes of at least 4 members (excludes halogenated alkanes) is 10. The van der Waals surface area contributed by atoms with Crippen LogP contribution >= 0.6 is 0 Å². The number of aliphatic hydroxyl groups is 1. The van der Waals surface area contributed by atoms with Crippen molar-refractivity contribution in [1.29, 1.82) is 0 Å². The number of carbonyl (C=O) groups excluding carboxylic acids is 1. The number of hydrogen-bond donors (Lipinski definition) is 1. The van der Waals surface area contributed by atoms with Crippen LogP contribution in [-0.4, -0.2) is 44.2 Å². The Labute approximate surface area is 422 Å². The molecule has 6 nitrogen and oxygen atoms in total. The van der Waals surface area contributed by atoms with Crippen LogP contribution in [0, 0.1) is 12.8 Å². The molecule has 0 spiro atoms. The van der Waals surface area contributed by atoms with Gasteiger partial charge < -0.3 is 24.7 Å². The highest BCUT2D eigenvalue weighted by atomic mass is 16.3. The van der Waals surface area contributed by atoms with Crippen LogP contribution in [0.3, 0.4) is 0 Å². The summed E-state index contributed by atoms with van der Waals surface area (Å²) in [6, 6.07) is 40.6. The highest BCUT2D eigenvalue weighted by Crippen LogP contribution is 2.52. The molecule has 3 unspecified atom stereocenters. The lowest BCUT2D eigenvalue weighted by atomic mass is 9.70. The molecule has 3 aliphatic rings. The Morgan fingerprint density at radius 3 is 1.63 bits per heavy atom. The molecule has 1 N–H and O–H groups in total. The van der Waals surface area contributed by atoms with Gasteiger partial charge in [0.25, 0.3) is 0 Å². The highest BCUT2D eigenvalue weighted by molar-refractivity contribution is 6.07. The Morgan fingerprint density at radius 2 is 1.07 bits per heavy atom. The van der Waals surface area contributed by atoms with Crippen molar-refractivity contribution in [3.05, 3.63) is 160 Å². The summed E-state index contributed by atoms with van der Waals surface area (Å²) >= 11 is 0. The first kappa shape index (κ1) is 50.8. The predicted molar refractivity (Wildman–Crippen MR) is 298 cm³/mol. The average molecular weight is 939 g/mol. The molecule has 2 heterocycles. The number of hydrogen-bond acceptors (Lipinski definition) is 6. The monoisotopic (exact) mass is 939 g/mol. The average Bonchev–Trinajstić information content (AvgIpc) is 3.67. The van der Waals surface area contributed by atoms with Gasteiger partial charge in [0.05, 0.1) is 18.1 Å². The maximum absolute atomic E-state index is 14.1. The zero-order chi connectivity index (χ0) is 49.7. The predicted octanol–water partition coefficient (Wildman–Crippen LogP) is 15.9. The minimum absolute atomic E-state index is 0.0119. The summed E-state index contributed by atoms with van der Waals surface area (Å²) in [5.74, 6) is -0.583. The van der Waals surface area contributed by atoms with E-state index in [9.17, 15) is 9.90 Å². The van der Waals surface area contributed by atoms with Crippen molar-refractivity contribution < 1.29 is 9.90 Å². The van der Waals surface area contributed by atoms with Crippen molar-refractivity contribution in [3.63, 3.8) is 0 Å². The minimum Gasteiger partial charge on any atom is -0.387 e. The van der Waals surface area contributed by atoms with Crippen LogP contribution in [0.4, 0.5) is 39.8 Å². The van der Waals surface area contributed by atoms with E-state index < -0.39 is 17.4 Å². The molecule has 6 heteroatoms. The van der Waals surface area contributed by atoms with Gasteiger partial charge in [-0.2, -0.15) is 0 Å². The zero-order valence-corrected chi connectivity index (χ0v) is 44.3. The number of rotatable bonds is 21. The van der Waals surface area contributed by atoms with Crippen LogP contribution in [0.5, 0.6) is 0 Å². The fourth-order valence-electron chi connectivity index (χ4n) is 11.7. The van der Waals surface area contributed by atoms with Crippen molar-refractivity contribution in [2.75, 3.05) is 40.7 Å². The Bertz CT molecular complexity index is 2640. The zero-order valence-electron chi connectivity index (χ0n) is 44.3. The third-order valence-electron chi connectivity index (χ3n) is 16.2. The van der Waals surface area contributed by atoms with E-state index in [1.54, 1.807) is 0 Å². The molecule has 0 amide bonds. The van der Waals surface area contributed by atoms with E-state index in [0.717, 1.165) is 47.0 Å². The van der Waals surface area contributed by atoms with Crippen molar-refractivity contribution in [3.8, 4) is 0 Å². The van der Waals surface area contributed by atoms with Crippen molar-refractivity contribution in [2.45, 2.75) is 161 Å². The summed E-state index contributed by atoms with van der Waals surface area (Å²) in [4.78, 5) is 23.2. The number of nitrogens with zero attached hydrogens (tertiary/aromatic N) is 4. The minimum atomic E-state index is -0.853. The van der Waals surface area contributed by atoms with E-state index in [2.05, 4.69) is 198 Å². The normalized spacial score (nSPS) is 20.0. The van der Waals surface area contributed by atoms with Gasteiger partial charge in [0.1, 0.15) is 0 Å². The molecule has 0 saturated heterocycles. The number of ketones is 1. The van der Waals surface area contributed by atoms with Gasteiger partial charge in [0.2, 0.25) is 0 Å². The largest absolute Gasteiger partial charge is 0.387 e. The fraction of sp³-hybridized carbons (Fsp3) is 0.453. The lowest BCUT2D eigenvalue weighted by molar-refractivity contribution is -0.127. The maximum atomic E-state index is 14.1. The first-order valence-corrected chi connectivity index (χ1v) is 26.9. The SMILES string of the molecule is CCCCCCCCc1ccc(N(C)c2ccc(N(c3ccc(CCCCCCCC)cc3)c3ccc4c(c3)C(C)(C)C(=CC3C(=O)/C(=C\C5N(C)c6ccc(C)cc6C5(C)C)C3O)N4C)cc2)cc1. The van der Waals surface area contributed by atoms with Crippen molar-refractivity contribution in [1.82, 2.24) is 0 Å². The van der Waals surface area contributed by atoms with Crippen LogP contribution in [0.1, 0.15) is 146 Å². The van der Waals surface area contributed by atoms with Gasteiger partial charge in [-0.3, -0.25) is 4.79 Å². The van der Waals surface area contributed by atoms with E-state index in [-0.39, 0.29) is 17.2 Å². The van der Waals surface area contributed by atoms with E-state index in [1.165, 1.54) is 116 Å². The van der Waals surface area contributed by atoms with E-state index in [0.29, 0.717) is 5.57 Å². The number of fused-ring (bicyclic) bond motifs is 2. The van der Waals surface area contributed by atoms with Gasteiger partial charge in [0, 0.05) is 83.1 Å². The molecule has 8 rings (SSSR count). The molecule has 2 aliphatic heterocycles. The quantitative estimate of drug-likeness (QED) is 0.0584. The number of carbonyl (C=O) groups is 1. The number of likely N-dealkylation sites (N-methyl/N-ethyl adjacent to an activating group) is 2. The van der Waals surface area contributed by atoms with E-state index in [1.807, 2.05) is 12.2 Å². The number of benzene rings is 5. The number of aliphatic hydroxyl groups excluding tert-OH is 1. The molecule has 1 saturated carbocycles. The molecule has 0 radical (unpaired) electrons. The third-order valence-corrected chi connectivity index (χ3v) is 16.2. The Kier molecular flexibility index (Phi) is 15.8. The standard InChI is InChI=1S/C64H82N4O2/c1-11-13-15-17-19-21-23-46-26-30-48(31-27-46)65(8)49-34-36-51(37-35-49)68(50-32-28-47(29-33-50)24-22-20-18-16-14-12-2)52-38-40-58-56(42-52)64(6,7)60(67(58)10)44-54-61(69)53(62(54)70)43-59-63(4,5)55-41-45(3)25-39-57(55)66(59)9/h25-44,54,59,61,69H,11-24H2,1-10H3/b53-43-,60-44?. The Morgan fingerprint density at radius 1 is 0.586 bits per heavy atom. The number of aryl methyl sites for hydroxylation is 3. The molecule has 1 fully saturated rings. The van der Waals surface area contributed by atoms with Crippen LogP contribution in [0.25, 0.3) is 0 Å². The summed E-state index contributed by atoms with van der Waals surface area (Å²) < 4.78 is 0. The second-order valence-electron chi connectivity index (χ2n) is 22.0. The summed E-state index contributed by atoms with van der Waals surface area (Å²) in [7, 11) is 6.35. The van der Waals surface area contributed by atoms with Crippen LogP contribution in [-0.2, 0) is 28.5 Å². The summed E-state index contributed by atoms with van der Waals surface area (Å²) in [6.45, 7) is 15.7. The van der Waals surface area contributed by atoms with E-state index in [4.69, 9.17) is 0 Å². The second-order valence-corrected chi connectivity index (χ2v) is 22.0.